The molecule has 2 aromatic heterocycles. The van der Waals surface area contributed by atoms with Crippen LogP contribution in [0.4, 0.5) is 0 Å². The molecule has 2 rings (SSSR count). The number of aromatic nitrogens is 5. The van der Waals surface area contributed by atoms with Crippen LogP contribution in [0.25, 0.3) is 0 Å². The van der Waals surface area contributed by atoms with E-state index in [1.165, 1.54) is 6.33 Å². The van der Waals surface area contributed by atoms with Gasteiger partial charge in [-0.3, -0.25) is 9.36 Å². The Bertz CT molecular complexity index is 502. The van der Waals surface area contributed by atoms with Crippen LogP contribution in [0.2, 0.25) is 0 Å². The smallest absolute Gasteiger partial charge is 0.138 e. The van der Waals surface area contributed by atoms with Crippen molar-refractivity contribution in [3.8, 4) is 0 Å². The van der Waals surface area contributed by atoms with Gasteiger partial charge in [-0.05, 0) is 6.42 Å². The van der Waals surface area contributed by atoms with Gasteiger partial charge in [0.2, 0.25) is 0 Å². The first-order valence-electron chi connectivity index (χ1n) is 5.65. The van der Waals surface area contributed by atoms with Crippen molar-refractivity contribution in [2.24, 2.45) is 14.1 Å². The first kappa shape index (κ1) is 11.8. The normalized spacial score (nSPS) is 12.9. The zero-order valence-corrected chi connectivity index (χ0v) is 10.3. The van der Waals surface area contributed by atoms with Gasteiger partial charge in [0.1, 0.15) is 12.2 Å². The number of hydrogen-bond donors (Lipinski definition) is 1. The van der Waals surface area contributed by atoms with Crippen molar-refractivity contribution in [2.75, 3.05) is 0 Å². The highest BCUT2D eigenvalue weighted by atomic mass is 16.3. The molecular weight excluding hydrogens is 218 g/mol. The summed E-state index contributed by atoms with van der Waals surface area (Å²) in [5, 5.41) is 18.5. The van der Waals surface area contributed by atoms with Crippen LogP contribution in [-0.2, 0) is 26.9 Å². The Kier molecular flexibility index (Phi) is 3.23. The van der Waals surface area contributed by atoms with E-state index in [4.69, 9.17) is 0 Å². The van der Waals surface area contributed by atoms with Gasteiger partial charge in [0, 0.05) is 32.3 Å². The van der Waals surface area contributed by atoms with Crippen molar-refractivity contribution in [1.29, 1.82) is 0 Å². The fourth-order valence-electron chi connectivity index (χ4n) is 1.89. The Morgan fingerprint density at radius 3 is 2.76 bits per heavy atom. The molecule has 1 unspecified atom stereocenters. The lowest BCUT2D eigenvalue weighted by Crippen LogP contribution is -2.08. The highest BCUT2D eigenvalue weighted by Crippen LogP contribution is 2.20. The van der Waals surface area contributed by atoms with Crippen LogP contribution in [-0.4, -0.2) is 29.7 Å². The molecule has 17 heavy (non-hydrogen) atoms. The number of nitrogens with zero attached hydrogens (tertiary/aromatic N) is 5. The van der Waals surface area contributed by atoms with E-state index in [1.54, 1.807) is 9.36 Å². The van der Waals surface area contributed by atoms with E-state index in [0.29, 0.717) is 6.42 Å². The average Bonchev–Trinajstić information content (AvgIpc) is 2.85. The molecule has 0 aromatic carbocycles. The van der Waals surface area contributed by atoms with Crippen molar-refractivity contribution in [3.63, 3.8) is 0 Å². The molecule has 2 aromatic rings. The van der Waals surface area contributed by atoms with E-state index in [1.807, 2.05) is 27.2 Å². The van der Waals surface area contributed by atoms with Gasteiger partial charge in [-0.1, -0.05) is 6.92 Å². The van der Waals surface area contributed by atoms with Crippen LogP contribution in [0, 0.1) is 0 Å². The average molecular weight is 235 g/mol. The summed E-state index contributed by atoms with van der Waals surface area (Å²) in [5.74, 6) is 0.767. The minimum absolute atomic E-state index is 0.454. The number of aliphatic hydroxyl groups excluding tert-OH is 1. The summed E-state index contributed by atoms with van der Waals surface area (Å²) in [4.78, 5) is 4.11. The Morgan fingerprint density at radius 2 is 2.18 bits per heavy atom. The standard InChI is InChI=1S/C11H17N5O/c1-4-9-8(6-15(2)14-9)10(17)5-11-12-7-13-16(11)3/h6-7,10,17H,4-5H2,1-3H3. The molecule has 6 nitrogen and oxygen atoms in total. The second-order valence-electron chi connectivity index (χ2n) is 4.08. The maximum absolute atomic E-state index is 10.2. The molecule has 0 saturated heterocycles. The lowest BCUT2D eigenvalue weighted by molar-refractivity contribution is 0.173. The molecule has 0 bridgehead atoms. The molecule has 1 atom stereocenters. The van der Waals surface area contributed by atoms with Crippen LogP contribution >= 0.6 is 0 Å². The van der Waals surface area contributed by atoms with E-state index in [2.05, 4.69) is 15.2 Å². The van der Waals surface area contributed by atoms with Gasteiger partial charge < -0.3 is 5.11 Å². The van der Waals surface area contributed by atoms with Crippen molar-refractivity contribution >= 4 is 0 Å². The maximum atomic E-state index is 10.2. The summed E-state index contributed by atoms with van der Waals surface area (Å²) in [6, 6.07) is 0. The maximum Gasteiger partial charge on any atom is 0.138 e. The molecule has 0 aliphatic rings. The highest BCUT2D eigenvalue weighted by Gasteiger charge is 2.17. The summed E-state index contributed by atoms with van der Waals surface area (Å²) >= 11 is 0. The Morgan fingerprint density at radius 1 is 1.41 bits per heavy atom. The summed E-state index contributed by atoms with van der Waals surface area (Å²) in [5.41, 5.74) is 1.81. The van der Waals surface area contributed by atoms with E-state index in [-0.39, 0.29) is 0 Å². The molecule has 6 heteroatoms. The van der Waals surface area contributed by atoms with Crippen molar-refractivity contribution in [2.45, 2.75) is 25.9 Å². The van der Waals surface area contributed by atoms with E-state index >= 15 is 0 Å². The predicted molar refractivity (Wildman–Crippen MR) is 62.3 cm³/mol. The van der Waals surface area contributed by atoms with Crippen LogP contribution in [0.5, 0.6) is 0 Å². The second kappa shape index (κ2) is 4.67. The van der Waals surface area contributed by atoms with E-state index in [9.17, 15) is 5.11 Å². The van der Waals surface area contributed by atoms with Crippen molar-refractivity contribution in [1.82, 2.24) is 24.5 Å². The van der Waals surface area contributed by atoms with Gasteiger partial charge in [-0.2, -0.15) is 10.2 Å². The summed E-state index contributed by atoms with van der Waals surface area (Å²) in [6.45, 7) is 2.03. The van der Waals surface area contributed by atoms with Gasteiger partial charge in [0.25, 0.3) is 0 Å². The molecule has 2 heterocycles. The lowest BCUT2D eigenvalue weighted by atomic mass is 10.1. The zero-order chi connectivity index (χ0) is 12.4. The Hall–Kier alpha value is -1.69. The van der Waals surface area contributed by atoms with Gasteiger partial charge in [0.15, 0.2) is 0 Å². The van der Waals surface area contributed by atoms with Crippen LogP contribution < -0.4 is 0 Å². The predicted octanol–water partition coefficient (Wildman–Crippen LogP) is 0.387. The van der Waals surface area contributed by atoms with Crippen LogP contribution in [0.3, 0.4) is 0 Å². The third kappa shape index (κ3) is 2.36. The monoisotopic (exact) mass is 235 g/mol. The second-order valence-corrected chi connectivity index (χ2v) is 4.08. The minimum atomic E-state index is -0.582. The molecule has 1 N–H and O–H groups in total. The van der Waals surface area contributed by atoms with Gasteiger partial charge in [-0.15, -0.1) is 0 Å². The largest absolute Gasteiger partial charge is 0.388 e. The van der Waals surface area contributed by atoms with Crippen molar-refractivity contribution in [3.05, 3.63) is 29.6 Å². The molecule has 0 aliphatic heterocycles. The quantitative estimate of drug-likeness (QED) is 0.832. The van der Waals surface area contributed by atoms with Gasteiger partial charge in [-0.25, -0.2) is 4.98 Å². The number of aliphatic hydroxyl groups is 1. The number of aryl methyl sites for hydroxylation is 3. The SMILES string of the molecule is CCc1nn(C)cc1C(O)Cc1ncnn1C. The topological polar surface area (TPSA) is 68.8 Å². The third-order valence-electron chi connectivity index (χ3n) is 2.81. The zero-order valence-electron chi connectivity index (χ0n) is 10.3. The first-order chi connectivity index (χ1) is 8.11. The molecule has 0 radical (unpaired) electrons. The number of hydrogen-bond acceptors (Lipinski definition) is 4. The van der Waals surface area contributed by atoms with Gasteiger partial charge >= 0.3 is 0 Å². The number of rotatable bonds is 4. The Labute approximate surface area is 99.9 Å². The molecule has 0 fully saturated rings. The van der Waals surface area contributed by atoms with E-state index in [0.717, 1.165) is 23.5 Å². The van der Waals surface area contributed by atoms with E-state index < -0.39 is 6.10 Å². The fraction of sp³-hybridized carbons (Fsp3) is 0.545. The van der Waals surface area contributed by atoms with Crippen LogP contribution in [0.1, 0.15) is 30.1 Å². The van der Waals surface area contributed by atoms with Crippen LogP contribution in [0.15, 0.2) is 12.5 Å². The third-order valence-corrected chi connectivity index (χ3v) is 2.81. The fourth-order valence-corrected chi connectivity index (χ4v) is 1.89. The molecule has 0 amide bonds. The Balaban J connectivity index is 2.19. The molecular formula is C11H17N5O. The first-order valence-corrected chi connectivity index (χ1v) is 5.65. The summed E-state index contributed by atoms with van der Waals surface area (Å²) < 4.78 is 3.40. The summed E-state index contributed by atoms with van der Waals surface area (Å²) in [6.07, 6.45) is 4.04. The minimum Gasteiger partial charge on any atom is -0.388 e. The molecule has 0 spiro atoms. The summed E-state index contributed by atoms with van der Waals surface area (Å²) in [7, 11) is 3.68. The molecule has 0 saturated carbocycles. The van der Waals surface area contributed by atoms with Crippen molar-refractivity contribution < 1.29 is 5.11 Å². The van der Waals surface area contributed by atoms with Gasteiger partial charge in [0.05, 0.1) is 11.8 Å². The highest BCUT2D eigenvalue weighted by molar-refractivity contribution is 5.20. The lowest BCUT2D eigenvalue weighted by Gasteiger charge is -2.09. The molecule has 92 valence electrons. The molecule has 0 aliphatic carbocycles.